The predicted octanol–water partition coefficient (Wildman–Crippen LogP) is 2.75. The Bertz CT molecular complexity index is 1160. The molecule has 0 aliphatic heterocycles. The number of carbonyl (C=O) groups is 1. The molecule has 0 atom stereocenters. The number of hydrogen-bond acceptors (Lipinski definition) is 8. The normalized spacial score (nSPS) is 11.4. The number of nitro groups is 1. The van der Waals surface area contributed by atoms with Gasteiger partial charge in [0, 0.05) is 33.0 Å². The van der Waals surface area contributed by atoms with Crippen LogP contribution >= 0.6 is 0 Å². The molecule has 0 saturated heterocycles. The SMILES string of the molecule is COCCOc1cc([N+](=O)[O-])c(C(=O)Nc2cc(S(=O)(=O)N(C)C)cc(C)c2C)cc1OC. The van der Waals surface area contributed by atoms with Gasteiger partial charge < -0.3 is 19.5 Å². The fraction of sp³-hybridized carbons (Fsp3) is 0.381. The number of nitro benzene ring substituents is 1. The van der Waals surface area contributed by atoms with Gasteiger partial charge in [-0.3, -0.25) is 14.9 Å². The van der Waals surface area contributed by atoms with E-state index in [1.54, 1.807) is 13.8 Å². The molecular formula is C21H27N3O8S. The summed E-state index contributed by atoms with van der Waals surface area (Å²) < 4.78 is 41.8. The van der Waals surface area contributed by atoms with Crippen LogP contribution in [0.25, 0.3) is 0 Å². The third-order valence-electron chi connectivity index (χ3n) is 4.94. The Kier molecular flexibility index (Phi) is 8.36. The summed E-state index contributed by atoms with van der Waals surface area (Å²) in [6, 6.07) is 5.13. The maximum Gasteiger partial charge on any atom is 0.286 e. The third-order valence-corrected chi connectivity index (χ3v) is 6.73. The quantitative estimate of drug-likeness (QED) is 0.311. The van der Waals surface area contributed by atoms with Gasteiger partial charge in [0.15, 0.2) is 11.5 Å². The Morgan fingerprint density at radius 1 is 1.09 bits per heavy atom. The Labute approximate surface area is 192 Å². The van der Waals surface area contributed by atoms with E-state index in [1.165, 1.54) is 46.5 Å². The van der Waals surface area contributed by atoms with Crippen LogP contribution in [0.2, 0.25) is 0 Å². The van der Waals surface area contributed by atoms with Crippen LogP contribution in [0.3, 0.4) is 0 Å². The van der Waals surface area contributed by atoms with Crippen LogP contribution in [0, 0.1) is 24.0 Å². The molecule has 33 heavy (non-hydrogen) atoms. The van der Waals surface area contributed by atoms with Gasteiger partial charge in [0.25, 0.3) is 11.6 Å². The van der Waals surface area contributed by atoms with E-state index in [9.17, 15) is 23.3 Å². The lowest BCUT2D eigenvalue weighted by molar-refractivity contribution is -0.385. The van der Waals surface area contributed by atoms with Crippen molar-refractivity contribution in [3.05, 3.63) is 51.1 Å². The van der Waals surface area contributed by atoms with E-state index >= 15 is 0 Å². The summed E-state index contributed by atoms with van der Waals surface area (Å²) in [5.74, 6) is -0.590. The first-order chi connectivity index (χ1) is 15.4. The number of nitrogens with one attached hydrogen (secondary N) is 1. The van der Waals surface area contributed by atoms with Crippen LogP contribution in [0.5, 0.6) is 11.5 Å². The number of aryl methyl sites for hydroxylation is 1. The summed E-state index contributed by atoms with van der Waals surface area (Å²) in [6.07, 6.45) is 0. The number of ether oxygens (including phenoxy) is 3. The van der Waals surface area contributed by atoms with Gasteiger partial charge in [-0.05, 0) is 37.1 Å². The van der Waals surface area contributed by atoms with Gasteiger partial charge >= 0.3 is 0 Å². The van der Waals surface area contributed by atoms with E-state index in [2.05, 4.69) is 5.32 Å². The highest BCUT2D eigenvalue weighted by atomic mass is 32.2. The Balaban J connectivity index is 2.52. The van der Waals surface area contributed by atoms with Crippen molar-refractivity contribution in [3.8, 4) is 11.5 Å². The molecular weight excluding hydrogens is 454 g/mol. The zero-order valence-corrected chi connectivity index (χ0v) is 20.1. The highest BCUT2D eigenvalue weighted by Crippen LogP contribution is 2.35. The largest absolute Gasteiger partial charge is 0.493 e. The average Bonchev–Trinajstić information content (AvgIpc) is 2.76. The zero-order valence-electron chi connectivity index (χ0n) is 19.3. The second kappa shape index (κ2) is 10.6. The van der Waals surface area contributed by atoms with Crippen molar-refractivity contribution in [2.75, 3.05) is 46.8 Å². The molecule has 180 valence electrons. The first-order valence-corrected chi connectivity index (χ1v) is 11.2. The maximum atomic E-state index is 13.0. The third kappa shape index (κ3) is 5.78. The number of hydrogen-bond donors (Lipinski definition) is 1. The molecule has 0 radical (unpaired) electrons. The zero-order chi connectivity index (χ0) is 24.9. The van der Waals surface area contributed by atoms with Gasteiger partial charge in [-0.25, -0.2) is 12.7 Å². The molecule has 11 nitrogen and oxygen atoms in total. The summed E-state index contributed by atoms with van der Waals surface area (Å²) in [5, 5.41) is 14.3. The summed E-state index contributed by atoms with van der Waals surface area (Å²) in [6.45, 7) is 3.79. The van der Waals surface area contributed by atoms with Crippen molar-refractivity contribution in [3.63, 3.8) is 0 Å². The van der Waals surface area contributed by atoms with Crippen molar-refractivity contribution in [1.82, 2.24) is 4.31 Å². The molecule has 2 aromatic rings. The van der Waals surface area contributed by atoms with Crippen molar-refractivity contribution >= 4 is 27.3 Å². The Morgan fingerprint density at radius 2 is 1.76 bits per heavy atom. The monoisotopic (exact) mass is 481 g/mol. The molecule has 2 rings (SSSR count). The fourth-order valence-corrected chi connectivity index (χ4v) is 3.91. The lowest BCUT2D eigenvalue weighted by Gasteiger charge is -2.17. The van der Waals surface area contributed by atoms with Gasteiger partial charge in [0.05, 0.1) is 29.6 Å². The first kappa shape index (κ1) is 26.0. The number of anilines is 1. The van der Waals surface area contributed by atoms with Crippen molar-refractivity contribution in [2.24, 2.45) is 0 Å². The van der Waals surface area contributed by atoms with Crippen LogP contribution in [-0.4, -0.2) is 65.1 Å². The van der Waals surface area contributed by atoms with Crippen LogP contribution in [0.1, 0.15) is 21.5 Å². The van der Waals surface area contributed by atoms with Crippen LogP contribution in [0.15, 0.2) is 29.2 Å². The number of rotatable bonds is 10. The van der Waals surface area contributed by atoms with E-state index < -0.39 is 26.5 Å². The minimum absolute atomic E-state index is 0.0140. The molecule has 0 unspecified atom stereocenters. The number of benzene rings is 2. The molecule has 0 aromatic heterocycles. The van der Waals surface area contributed by atoms with Gasteiger partial charge in [-0.1, -0.05) is 0 Å². The highest BCUT2D eigenvalue weighted by molar-refractivity contribution is 7.89. The van der Waals surface area contributed by atoms with E-state index in [1.807, 2.05) is 0 Å². The number of sulfonamides is 1. The van der Waals surface area contributed by atoms with Crippen molar-refractivity contribution < 1.29 is 32.3 Å². The molecule has 0 spiro atoms. The van der Waals surface area contributed by atoms with E-state index in [0.29, 0.717) is 11.1 Å². The van der Waals surface area contributed by atoms with Crippen molar-refractivity contribution in [2.45, 2.75) is 18.7 Å². The molecule has 0 aliphatic rings. The molecule has 1 amide bonds. The molecule has 0 heterocycles. The molecule has 12 heteroatoms. The summed E-state index contributed by atoms with van der Waals surface area (Å²) in [4.78, 5) is 24.0. The van der Waals surface area contributed by atoms with Gasteiger partial charge in [-0.2, -0.15) is 0 Å². The maximum absolute atomic E-state index is 13.0. The summed E-state index contributed by atoms with van der Waals surface area (Å²) in [5.41, 5.74) is 0.701. The fourth-order valence-electron chi connectivity index (χ4n) is 2.89. The van der Waals surface area contributed by atoms with Crippen molar-refractivity contribution in [1.29, 1.82) is 0 Å². The van der Waals surface area contributed by atoms with Gasteiger partial charge in [-0.15, -0.1) is 0 Å². The minimum atomic E-state index is -3.76. The van der Waals surface area contributed by atoms with Crippen LogP contribution < -0.4 is 14.8 Å². The molecule has 1 N–H and O–H groups in total. The van der Waals surface area contributed by atoms with Crippen LogP contribution in [0.4, 0.5) is 11.4 Å². The molecule has 0 bridgehead atoms. The Hall–Kier alpha value is -3.22. The lowest BCUT2D eigenvalue weighted by atomic mass is 10.1. The second-order valence-corrected chi connectivity index (χ2v) is 9.42. The van der Waals surface area contributed by atoms with Gasteiger partial charge in [0.1, 0.15) is 12.2 Å². The average molecular weight is 482 g/mol. The van der Waals surface area contributed by atoms with E-state index in [0.717, 1.165) is 10.4 Å². The number of carbonyl (C=O) groups excluding carboxylic acids is 1. The standard InChI is InChI=1S/C21H27N3O8S/c1-13-9-15(33(28,29)23(3)4)10-17(14(13)2)22-21(25)16-11-19(31-6)20(32-8-7-30-5)12-18(16)24(26)27/h9-12H,7-8H2,1-6H3,(H,22,25). The van der Waals surface area contributed by atoms with Gasteiger partial charge in [0.2, 0.25) is 10.0 Å². The van der Waals surface area contributed by atoms with E-state index in [-0.39, 0.29) is 40.9 Å². The first-order valence-electron chi connectivity index (χ1n) is 9.77. The molecule has 0 saturated carbocycles. The summed E-state index contributed by atoms with van der Waals surface area (Å²) >= 11 is 0. The topological polar surface area (TPSA) is 137 Å². The lowest BCUT2D eigenvalue weighted by Crippen LogP contribution is -2.23. The number of methoxy groups -OCH3 is 2. The predicted molar refractivity (Wildman–Crippen MR) is 122 cm³/mol. The van der Waals surface area contributed by atoms with E-state index in [4.69, 9.17) is 14.2 Å². The molecule has 2 aromatic carbocycles. The minimum Gasteiger partial charge on any atom is -0.493 e. The summed E-state index contributed by atoms with van der Waals surface area (Å²) in [7, 11) is 1.86. The number of amides is 1. The van der Waals surface area contributed by atoms with Crippen LogP contribution in [-0.2, 0) is 14.8 Å². The highest BCUT2D eigenvalue weighted by Gasteiger charge is 2.26. The Morgan fingerprint density at radius 3 is 2.30 bits per heavy atom. The second-order valence-electron chi connectivity index (χ2n) is 7.27. The molecule has 0 aliphatic carbocycles. The number of nitrogens with zero attached hydrogens (tertiary/aromatic N) is 2. The molecule has 0 fully saturated rings. The smallest absolute Gasteiger partial charge is 0.286 e.